The fraction of sp³-hybridized carbons (Fsp3) is 0.643. The van der Waals surface area contributed by atoms with Gasteiger partial charge in [0, 0.05) is 39.1 Å². The van der Waals surface area contributed by atoms with Crippen molar-refractivity contribution in [3.05, 3.63) is 17.8 Å². The Morgan fingerprint density at radius 2 is 2.00 bits per heavy atom. The number of nitriles is 1. The van der Waals surface area contributed by atoms with E-state index in [0.29, 0.717) is 6.42 Å². The first-order valence-electron chi connectivity index (χ1n) is 7.00. The maximum absolute atomic E-state index is 8.59. The van der Waals surface area contributed by atoms with E-state index in [9.17, 15) is 0 Å². The zero-order chi connectivity index (χ0) is 13.5. The van der Waals surface area contributed by atoms with Crippen LogP contribution < -0.4 is 4.90 Å². The summed E-state index contributed by atoms with van der Waals surface area (Å²) in [6.07, 6.45) is 2.71. The van der Waals surface area contributed by atoms with Crippen molar-refractivity contribution in [1.82, 2.24) is 15.1 Å². The molecular formula is C14H21N5. The van der Waals surface area contributed by atoms with Crippen molar-refractivity contribution < 1.29 is 0 Å². The van der Waals surface area contributed by atoms with Crippen LogP contribution in [0.5, 0.6) is 0 Å². The molecule has 0 aliphatic carbocycles. The predicted molar refractivity (Wildman–Crippen MR) is 74.9 cm³/mol. The minimum absolute atomic E-state index is 0.617. The normalized spacial score (nSPS) is 16.3. The first-order valence-corrected chi connectivity index (χ1v) is 7.00. The Morgan fingerprint density at radius 1 is 1.21 bits per heavy atom. The molecule has 2 heterocycles. The maximum atomic E-state index is 8.59. The number of anilines is 1. The molecule has 1 saturated heterocycles. The van der Waals surface area contributed by atoms with Gasteiger partial charge in [0.2, 0.25) is 0 Å². The van der Waals surface area contributed by atoms with Gasteiger partial charge in [-0.1, -0.05) is 13.3 Å². The molecule has 0 saturated carbocycles. The molecule has 102 valence electrons. The Morgan fingerprint density at radius 3 is 2.58 bits per heavy atom. The van der Waals surface area contributed by atoms with Gasteiger partial charge in [0.1, 0.15) is 0 Å². The molecule has 1 aromatic rings. The highest BCUT2D eigenvalue weighted by molar-refractivity contribution is 5.37. The van der Waals surface area contributed by atoms with Crippen LogP contribution in [0.25, 0.3) is 0 Å². The molecule has 0 spiro atoms. The van der Waals surface area contributed by atoms with Gasteiger partial charge in [-0.2, -0.15) is 10.4 Å². The molecule has 0 bridgehead atoms. The summed E-state index contributed by atoms with van der Waals surface area (Å²) in [7, 11) is 0. The van der Waals surface area contributed by atoms with Crippen molar-refractivity contribution in [2.45, 2.75) is 26.2 Å². The summed E-state index contributed by atoms with van der Waals surface area (Å²) in [6.45, 7) is 6.96. The standard InChI is InChI=1S/C14H21N5/c1-2-4-13-5-6-14(17-16-13)19-11-9-18(10-12-19)8-3-7-15/h5-6H,2-4,8-12H2,1H3. The average molecular weight is 259 g/mol. The van der Waals surface area contributed by atoms with Gasteiger partial charge in [0.25, 0.3) is 0 Å². The lowest BCUT2D eigenvalue weighted by atomic mass is 10.2. The molecule has 0 N–H and O–H groups in total. The highest BCUT2D eigenvalue weighted by Crippen LogP contribution is 2.13. The number of nitrogens with zero attached hydrogens (tertiary/aromatic N) is 5. The van der Waals surface area contributed by atoms with E-state index in [1.165, 1.54) is 0 Å². The molecule has 5 heteroatoms. The third-order valence-electron chi connectivity index (χ3n) is 3.45. The van der Waals surface area contributed by atoms with Gasteiger partial charge >= 0.3 is 0 Å². The minimum atomic E-state index is 0.617. The van der Waals surface area contributed by atoms with Crippen LogP contribution in [-0.4, -0.2) is 47.8 Å². The molecule has 19 heavy (non-hydrogen) atoms. The Hall–Kier alpha value is -1.67. The van der Waals surface area contributed by atoms with Crippen molar-refractivity contribution in [2.75, 3.05) is 37.6 Å². The van der Waals surface area contributed by atoms with Crippen LogP contribution >= 0.6 is 0 Å². The number of hydrogen-bond donors (Lipinski definition) is 0. The van der Waals surface area contributed by atoms with Gasteiger partial charge < -0.3 is 4.90 Å². The summed E-state index contributed by atoms with van der Waals surface area (Å²) in [6, 6.07) is 6.35. The lowest BCUT2D eigenvalue weighted by Crippen LogP contribution is -2.46. The van der Waals surface area contributed by atoms with E-state index >= 15 is 0 Å². The van der Waals surface area contributed by atoms with Crippen molar-refractivity contribution >= 4 is 5.82 Å². The lowest BCUT2D eigenvalue weighted by molar-refractivity contribution is 0.263. The summed E-state index contributed by atoms with van der Waals surface area (Å²) < 4.78 is 0. The van der Waals surface area contributed by atoms with Gasteiger partial charge in [-0.3, -0.25) is 4.90 Å². The molecule has 0 unspecified atom stereocenters. The third-order valence-corrected chi connectivity index (χ3v) is 3.45. The summed E-state index contributed by atoms with van der Waals surface area (Å²) in [5.41, 5.74) is 1.07. The molecule has 0 aromatic carbocycles. The number of rotatable bonds is 5. The first kappa shape index (κ1) is 13.8. The minimum Gasteiger partial charge on any atom is -0.353 e. The molecular weight excluding hydrogens is 238 g/mol. The fourth-order valence-corrected chi connectivity index (χ4v) is 2.32. The van der Waals surface area contributed by atoms with Crippen LogP contribution in [0.2, 0.25) is 0 Å². The largest absolute Gasteiger partial charge is 0.353 e. The van der Waals surface area contributed by atoms with Gasteiger partial charge in [-0.25, -0.2) is 0 Å². The second kappa shape index (κ2) is 7.05. The third kappa shape index (κ3) is 3.90. The monoisotopic (exact) mass is 259 g/mol. The van der Waals surface area contributed by atoms with E-state index in [1.54, 1.807) is 0 Å². The Balaban J connectivity index is 1.85. The zero-order valence-electron chi connectivity index (χ0n) is 11.5. The Bertz CT molecular complexity index is 414. The average Bonchev–Trinajstić information content (AvgIpc) is 2.47. The van der Waals surface area contributed by atoms with Crippen LogP contribution in [0, 0.1) is 11.3 Å². The Labute approximate surface area is 114 Å². The number of piperazine rings is 1. The summed E-state index contributed by atoms with van der Waals surface area (Å²) in [4.78, 5) is 4.60. The summed E-state index contributed by atoms with van der Waals surface area (Å²) >= 11 is 0. The summed E-state index contributed by atoms with van der Waals surface area (Å²) in [5.74, 6) is 0.972. The predicted octanol–water partition coefficient (Wildman–Crippen LogP) is 1.46. The highest BCUT2D eigenvalue weighted by atomic mass is 15.3. The smallest absolute Gasteiger partial charge is 0.151 e. The SMILES string of the molecule is CCCc1ccc(N2CCN(CCC#N)CC2)nn1. The second-order valence-corrected chi connectivity index (χ2v) is 4.87. The van der Waals surface area contributed by atoms with Gasteiger partial charge in [0.05, 0.1) is 11.8 Å². The van der Waals surface area contributed by atoms with E-state index in [2.05, 4.69) is 45.1 Å². The fourth-order valence-electron chi connectivity index (χ4n) is 2.32. The van der Waals surface area contributed by atoms with Crippen molar-refractivity contribution in [2.24, 2.45) is 0 Å². The molecule has 1 aliphatic rings. The highest BCUT2D eigenvalue weighted by Gasteiger charge is 2.17. The summed E-state index contributed by atoms with van der Waals surface area (Å²) in [5, 5.41) is 17.2. The van der Waals surface area contributed by atoms with Gasteiger partial charge in [-0.05, 0) is 18.6 Å². The van der Waals surface area contributed by atoms with E-state index in [0.717, 1.165) is 57.1 Å². The lowest BCUT2D eigenvalue weighted by Gasteiger charge is -2.34. The first-order chi connectivity index (χ1) is 9.33. The van der Waals surface area contributed by atoms with Gasteiger partial charge in [0.15, 0.2) is 5.82 Å². The van der Waals surface area contributed by atoms with E-state index in [-0.39, 0.29) is 0 Å². The topological polar surface area (TPSA) is 56.0 Å². The van der Waals surface area contributed by atoms with E-state index in [4.69, 9.17) is 5.26 Å². The van der Waals surface area contributed by atoms with Gasteiger partial charge in [-0.15, -0.1) is 5.10 Å². The molecule has 0 amide bonds. The molecule has 0 radical (unpaired) electrons. The van der Waals surface area contributed by atoms with Crippen LogP contribution in [0.15, 0.2) is 12.1 Å². The quantitative estimate of drug-likeness (QED) is 0.801. The molecule has 1 aliphatic heterocycles. The number of aromatic nitrogens is 2. The van der Waals surface area contributed by atoms with Crippen LogP contribution in [0.4, 0.5) is 5.82 Å². The maximum Gasteiger partial charge on any atom is 0.151 e. The Kier molecular flexibility index (Phi) is 5.10. The van der Waals surface area contributed by atoms with Crippen molar-refractivity contribution in [1.29, 1.82) is 5.26 Å². The zero-order valence-corrected chi connectivity index (χ0v) is 11.5. The molecule has 1 aromatic heterocycles. The van der Waals surface area contributed by atoms with Crippen molar-refractivity contribution in [3.63, 3.8) is 0 Å². The van der Waals surface area contributed by atoms with E-state index < -0.39 is 0 Å². The molecule has 5 nitrogen and oxygen atoms in total. The molecule has 0 atom stereocenters. The van der Waals surface area contributed by atoms with Crippen LogP contribution in [-0.2, 0) is 6.42 Å². The molecule has 2 rings (SSSR count). The number of hydrogen-bond acceptors (Lipinski definition) is 5. The number of aryl methyl sites for hydroxylation is 1. The molecule has 1 fully saturated rings. The van der Waals surface area contributed by atoms with Crippen LogP contribution in [0.3, 0.4) is 0 Å². The second-order valence-electron chi connectivity index (χ2n) is 4.87. The van der Waals surface area contributed by atoms with E-state index in [1.807, 2.05) is 0 Å². The van der Waals surface area contributed by atoms with Crippen molar-refractivity contribution in [3.8, 4) is 6.07 Å². The van der Waals surface area contributed by atoms with Crippen LogP contribution in [0.1, 0.15) is 25.5 Å².